The van der Waals surface area contributed by atoms with Gasteiger partial charge in [-0.2, -0.15) is 0 Å². The van der Waals surface area contributed by atoms with Crippen molar-refractivity contribution in [2.45, 2.75) is 5.41 Å². The molecule has 0 aliphatic heterocycles. The van der Waals surface area contributed by atoms with Crippen LogP contribution in [0, 0.1) is 0 Å². The van der Waals surface area contributed by atoms with Gasteiger partial charge in [0, 0.05) is 0 Å². The Bertz CT molecular complexity index is 578. The van der Waals surface area contributed by atoms with Crippen LogP contribution in [0.15, 0.2) is 91.0 Å². The third-order valence-electron chi connectivity index (χ3n) is 4.17. The summed E-state index contributed by atoms with van der Waals surface area (Å²) >= 11 is 0. The fourth-order valence-electron chi connectivity index (χ4n) is 3.10. The molecule has 3 aromatic carbocycles. The molecule has 3 rings (SSSR count). The second-order valence-corrected chi connectivity index (χ2v) is 5.25. The van der Waals surface area contributed by atoms with Gasteiger partial charge in [0.05, 0.1) is 12.0 Å². The Balaban J connectivity index is 2.29. The molecule has 0 radical (unpaired) electrons. The van der Waals surface area contributed by atoms with Crippen LogP contribution in [-0.2, 0) is 5.41 Å². The second kappa shape index (κ2) is 5.94. The highest BCUT2D eigenvalue weighted by atomic mass is 14.6. The van der Waals surface area contributed by atoms with Gasteiger partial charge in [-0.3, -0.25) is 0 Å². The Morgan fingerprint density at radius 1 is 0.524 bits per heavy atom. The minimum absolute atomic E-state index is 0.191. The van der Waals surface area contributed by atoms with Crippen LogP contribution in [0.1, 0.15) is 16.7 Å². The summed E-state index contributed by atoms with van der Waals surface area (Å²) in [5.74, 6) is 0. The van der Waals surface area contributed by atoms with Crippen LogP contribution >= 0.6 is 0 Å². The van der Waals surface area contributed by atoms with Crippen molar-refractivity contribution in [3.05, 3.63) is 108 Å². The summed E-state index contributed by atoms with van der Waals surface area (Å²) in [4.78, 5) is 0. The summed E-state index contributed by atoms with van der Waals surface area (Å²) < 4.78 is 0. The molecule has 0 atom stereocenters. The standard InChI is InChI=1S/C20H19N/c21-16-20(17-10-4-1-5-11-17,18-12-6-2-7-13-18)19-14-8-3-9-15-19/h1-15H,16,21H2/p+1. The molecule has 0 spiro atoms. The maximum Gasteiger partial charge on any atom is 0.0940 e. The topological polar surface area (TPSA) is 27.6 Å². The highest BCUT2D eigenvalue weighted by molar-refractivity contribution is 5.50. The Kier molecular flexibility index (Phi) is 3.85. The Morgan fingerprint density at radius 3 is 1.05 bits per heavy atom. The first-order valence-corrected chi connectivity index (χ1v) is 7.34. The van der Waals surface area contributed by atoms with Gasteiger partial charge in [0.1, 0.15) is 0 Å². The van der Waals surface area contributed by atoms with Crippen molar-refractivity contribution in [1.82, 2.24) is 0 Å². The van der Waals surface area contributed by atoms with Gasteiger partial charge in [0.15, 0.2) is 0 Å². The van der Waals surface area contributed by atoms with Gasteiger partial charge >= 0.3 is 0 Å². The minimum atomic E-state index is -0.191. The summed E-state index contributed by atoms with van der Waals surface area (Å²) in [6.45, 7) is 0.783. The fraction of sp³-hybridized carbons (Fsp3) is 0.100. The molecule has 3 aromatic rings. The lowest BCUT2D eigenvalue weighted by atomic mass is 9.69. The zero-order valence-corrected chi connectivity index (χ0v) is 12.1. The third-order valence-corrected chi connectivity index (χ3v) is 4.17. The van der Waals surface area contributed by atoms with E-state index in [1.54, 1.807) is 0 Å². The monoisotopic (exact) mass is 274 g/mol. The van der Waals surface area contributed by atoms with Gasteiger partial charge in [-0.1, -0.05) is 91.0 Å². The summed E-state index contributed by atoms with van der Waals surface area (Å²) in [6.07, 6.45) is 0. The van der Waals surface area contributed by atoms with E-state index in [-0.39, 0.29) is 5.41 Å². The summed E-state index contributed by atoms with van der Waals surface area (Å²) in [6, 6.07) is 32.0. The van der Waals surface area contributed by atoms with E-state index in [1.165, 1.54) is 16.7 Å². The first-order valence-electron chi connectivity index (χ1n) is 7.34. The maximum absolute atomic E-state index is 4.29. The lowest BCUT2D eigenvalue weighted by Gasteiger charge is -2.32. The minimum Gasteiger partial charge on any atom is -0.356 e. The molecule has 104 valence electrons. The Hall–Kier alpha value is -2.38. The molecule has 0 unspecified atom stereocenters. The number of benzene rings is 3. The average Bonchev–Trinajstić information content (AvgIpc) is 2.59. The van der Waals surface area contributed by atoms with E-state index in [0.29, 0.717) is 0 Å². The van der Waals surface area contributed by atoms with Crippen molar-refractivity contribution in [3.8, 4) is 0 Å². The van der Waals surface area contributed by atoms with Gasteiger partial charge in [-0.15, -0.1) is 0 Å². The van der Waals surface area contributed by atoms with E-state index in [4.69, 9.17) is 0 Å². The molecule has 3 N–H and O–H groups in total. The van der Waals surface area contributed by atoms with Crippen LogP contribution in [0.3, 0.4) is 0 Å². The van der Waals surface area contributed by atoms with Gasteiger partial charge in [0.2, 0.25) is 0 Å². The van der Waals surface area contributed by atoms with E-state index in [1.807, 2.05) is 0 Å². The van der Waals surface area contributed by atoms with E-state index in [0.717, 1.165) is 6.54 Å². The average molecular weight is 274 g/mol. The van der Waals surface area contributed by atoms with E-state index < -0.39 is 0 Å². The molecule has 0 aliphatic rings. The van der Waals surface area contributed by atoms with Crippen LogP contribution in [0.25, 0.3) is 0 Å². The second-order valence-electron chi connectivity index (χ2n) is 5.25. The lowest BCUT2D eigenvalue weighted by Crippen LogP contribution is -2.60. The molecule has 1 nitrogen and oxygen atoms in total. The molecule has 0 saturated heterocycles. The van der Waals surface area contributed by atoms with Crippen LogP contribution < -0.4 is 5.73 Å². The quantitative estimate of drug-likeness (QED) is 0.707. The smallest absolute Gasteiger partial charge is 0.0940 e. The summed E-state index contributed by atoms with van der Waals surface area (Å²) in [5.41, 5.74) is 7.96. The fourth-order valence-corrected chi connectivity index (χ4v) is 3.10. The van der Waals surface area contributed by atoms with Crippen molar-refractivity contribution in [2.24, 2.45) is 0 Å². The van der Waals surface area contributed by atoms with Gasteiger partial charge < -0.3 is 5.73 Å². The van der Waals surface area contributed by atoms with Crippen LogP contribution in [0.5, 0.6) is 0 Å². The predicted molar refractivity (Wildman–Crippen MR) is 87.0 cm³/mol. The van der Waals surface area contributed by atoms with Gasteiger partial charge in [-0.05, 0) is 16.7 Å². The van der Waals surface area contributed by atoms with Crippen molar-refractivity contribution in [1.29, 1.82) is 0 Å². The number of rotatable bonds is 4. The third kappa shape index (κ3) is 2.37. The zero-order chi connectivity index (χ0) is 14.5. The lowest BCUT2D eigenvalue weighted by molar-refractivity contribution is -0.377. The molecule has 0 bridgehead atoms. The molecule has 1 heteroatoms. The molecular formula is C20H20N+. The SMILES string of the molecule is [NH3+]CC(c1ccccc1)(c1ccccc1)c1ccccc1. The van der Waals surface area contributed by atoms with Gasteiger partial charge in [-0.25, -0.2) is 0 Å². The van der Waals surface area contributed by atoms with Crippen molar-refractivity contribution in [2.75, 3.05) is 6.54 Å². The maximum atomic E-state index is 4.29. The Labute approximate surface area is 126 Å². The first-order chi connectivity index (χ1) is 10.4. The van der Waals surface area contributed by atoms with Gasteiger partial charge in [0.25, 0.3) is 0 Å². The molecule has 0 aliphatic carbocycles. The van der Waals surface area contributed by atoms with E-state index in [9.17, 15) is 0 Å². The molecule has 0 saturated carbocycles. The first kappa shape index (κ1) is 13.6. The molecule has 0 aromatic heterocycles. The molecule has 0 heterocycles. The molecular weight excluding hydrogens is 254 g/mol. The van der Waals surface area contributed by atoms with Crippen molar-refractivity contribution in [3.63, 3.8) is 0 Å². The normalized spacial score (nSPS) is 11.3. The number of hydrogen-bond acceptors (Lipinski definition) is 0. The van der Waals surface area contributed by atoms with E-state index in [2.05, 4.69) is 96.7 Å². The summed E-state index contributed by atoms with van der Waals surface area (Å²) in [5, 5.41) is 0. The summed E-state index contributed by atoms with van der Waals surface area (Å²) in [7, 11) is 0. The zero-order valence-electron chi connectivity index (χ0n) is 12.1. The van der Waals surface area contributed by atoms with Crippen LogP contribution in [0.4, 0.5) is 0 Å². The molecule has 0 fully saturated rings. The predicted octanol–water partition coefficient (Wildman–Crippen LogP) is 3.26. The number of hydrogen-bond donors (Lipinski definition) is 1. The van der Waals surface area contributed by atoms with Crippen LogP contribution in [-0.4, -0.2) is 6.54 Å². The highest BCUT2D eigenvalue weighted by Gasteiger charge is 2.36. The van der Waals surface area contributed by atoms with Crippen molar-refractivity contribution < 1.29 is 5.73 Å². The van der Waals surface area contributed by atoms with Crippen LogP contribution in [0.2, 0.25) is 0 Å². The Morgan fingerprint density at radius 2 is 0.810 bits per heavy atom. The largest absolute Gasteiger partial charge is 0.356 e. The van der Waals surface area contributed by atoms with Crippen molar-refractivity contribution >= 4 is 0 Å². The molecule has 0 amide bonds. The number of quaternary nitrogens is 1. The van der Waals surface area contributed by atoms with E-state index >= 15 is 0 Å². The highest BCUT2D eigenvalue weighted by Crippen LogP contribution is 2.37. The molecule has 21 heavy (non-hydrogen) atoms.